The fourth-order valence-electron chi connectivity index (χ4n) is 7.56. The summed E-state index contributed by atoms with van der Waals surface area (Å²) in [7, 11) is 0. The van der Waals surface area contributed by atoms with Gasteiger partial charge < -0.3 is 16.0 Å². The molecule has 0 saturated carbocycles. The second-order valence-corrected chi connectivity index (χ2v) is 18.0. The van der Waals surface area contributed by atoms with E-state index >= 15 is 0 Å². The van der Waals surface area contributed by atoms with Crippen LogP contribution in [0.1, 0.15) is 63.7 Å². The molecule has 6 aromatic heterocycles. The average Bonchev–Trinajstić information content (AvgIpc) is 4.46. The normalized spacial score (nSPS) is 9.98. The number of nitriles is 4. The highest BCUT2D eigenvalue weighted by Gasteiger charge is 2.19. The van der Waals surface area contributed by atoms with E-state index in [1.54, 1.807) is 127 Å². The molecule has 6 aromatic carbocycles. The first-order valence-electron chi connectivity index (χ1n) is 24.9. The van der Waals surface area contributed by atoms with Gasteiger partial charge in [-0.2, -0.15) is 41.9 Å². The lowest BCUT2D eigenvalue weighted by Crippen LogP contribution is -2.13. The molecular weight excluding hydrogens is 1130 g/mol. The van der Waals surface area contributed by atoms with Gasteiger partial charge in [0.2, 0.25) is 23.3 Å². The fourth-order valence-corrected chi connectivity index (χ4v) is 8.08. The van der Waals surface area contributed by atoms with Crippen LogP contribution in [0.2, 0.25) is 0 Å². The van der Waals surface area contributed by atoms with Gasteiger partial charge in [0.15, 0.2) is 5.13 Å². The fraction of sp³-hybridized carbons (Fsp3) is 0. The van der Waals surface area contributed by atoms with Crippen LogP contribution < -0.4 is 21.3 Å². The molecule has 0 aliphatic carbocycles. The Balaban J connectivity index is 0.000000138. The van der Waals surface area contributed by atoms with Crippen molar-refractivity contribution in [2.75, 3.05) is 21.3 Å². The van der Waals surface area contributed by atoms with E-state index in [4.69, 9.17) is 0 Å². The van der Waals surface area contributed by atoms with Gasteiger partial charge in [-0.15, -0.1) is 52.1 Å². The van der Waals surface area contributed by atoms with Crippen LogP contribution in [0.4, 0.5) is 22.2 Å². The van der Waals surface area contributed by atoms with Crippen molar-refractivity contribution in [3.8, 4) is 69.8 Å². The third-order valence-electron chi connectivity index (χ3n) is 11.6. The Kier molecular flexibility index (Phi) is 19.0. The molecular formula is C56H36N26O4S. The van der Waals surface area contributed by atoms with Gasteiger partial charge in [-0.1, -0.05) is 60.7 Å². The Morgan fingerprint density at radius 3 is 1.01 bits per heavy atom. The third-order valence-corrected chi connectivity index (χ3v) is 12.3. The molecule has 0 unspecified atom stereocenters. The summed E-state index contributed by atoms with van der Waals surface area (Å²) in [6, 6.07) is 48.7. The van der Waals surface area contributed by atoms with Gasteiger partial charge >= 0.3 is 0 Å². The topological polar surface area (TPSA) is 455 Å². The van der Waals surface area contributed by atoms with E-state index in [0.29, 0.717) is 78.9 Å². The number of thiazole rings is 1. The number of nitrogens with one attached hydrogen (secondary N) is 8. The lowest BCUT2D eigenvalue weighted by Gasteiger charge is -2.07. The summed E-state index contributed by atoms with van der Waals surface area (Å²) in [5.41, 5.74) is 6.37. The highest BCUT2D eigenvalue weighted by atomic mass is 32.1. The molecule has 0 radical (unpaired) electrons. The number of aromatic nitrogens is 18. The first kappa shape index (κ1) is 57.9. The molecule has 0 atom stereocenters. The highest BCUT2D eigenvalue weighted by Crippen LogP contribution is 2.24. The van der Waals surface area contributed by atoms with Crippen molar-refractivity contribution in [2.45, 2.75) is 0 Å². The number of hydrogen-bond acceptors (Lipinski definition) is 23. The van der Waals surface area contributed by atoms with Crippen molar-refractivity contribution in [3.05, 3.63) is 214 Å². The Hall–Kier alpha value is -13.8. The monoisotopic (exact) mass is 1170 g/mol. The lowest BCUT2D eigenvalue weighted by molar-refractivity contribution is 0.101. The molecule has 31 heteroatoms. The number of tetrazole rings is 4. The first-order chi connectivity index (χ1) is 42.6. The molecule has 420 valence electrons. The number of H-pyrrole nitrogens is 4. The third kappa shape index (κ3) is 15.2. The number of pyridine rings is 1. The van der Waals surface area contributed by atoms with Crippen LogP contribution in [0.15, 0.2) is 170 Å². The van der Waals surface area contributed by atoms with E-state index in [1.807, 2.05) is 60.7 Å². The smallest absolute Gasteiger partial charge is 0.258 e. The predicted molar refractivity (Wildman–Crippen MR) is 308 cm³/mol. The predicted octanol–water partition coefficient (Wildman–Crippen LogP) is 6.81. The van der Waals surface area contributed by atoms with Gasteiger partial charge in [-0.05, 0) is 106 Å². The number of carbonyl (C=O) groups is 4. The van der Waals surface area contributed by atoms with Crippen molar-refractivity contribution < 1.29 is 19.2 Å². The highest BCUT2D eigenvalue weighted by molar-refractivity contribution is 7.13. The van der Waals surface area contributed by atoms with E-state index in [2.05, 4.69) is 114 Å². The molecule has 0 bridgehead atoms. The zero-order valence-corrected chi connectivity index (χ0v) is 45.1. The molecule has 30 nitrogen and oxygen atoms in total. The van der Waals surface area contributed by atoms with Crippen molar-refractivity contribution >= 4 is 57.2 Å². The maximum absolute atomic E-state index is 12.3. The van der Waals surface area contributed by atoms with Gasteiger partial charge in [0.1, 0.15) is 0 Å². The van der Waals surface area contributed by atoms with Crippen LogP contribution >= 0.6 is 11.3 Å². The van der Waals surface area contributed by atoms with Crippen molar-refractivity contribution in [1.82, 2.24) is 92.5 Å². The minimum atomic E-state index is -0.388. The number of carbonyl (C=O) groups excluding carboxylic acids is 4. The zero-order chi connectivity index (χ0) is 60.7. The maximum Gasteiger partial charge on any atom is 0.258 e. The van der Waals surface area contributed by atoms with Crippen LogP contribution in [-0.2, 0) is 0 Å². The van der Waals surface area contributed by atoms with E-state index < -0.39 is 0 Å². The van der Waals surface area contributed by atoms with E-state index in [1.165, 1.54) is 17.5 Å². The summed E-state index contributed by atoms with van der Waals surface area (Å²) in [4.78, 5) is 56.8. The maximum atomic E-state index is 12.3. The lowest BCUT2D eigenvalue weighted by atomic mass is 10.0. The molecule has 0 saturated heterocycles. The minimum absolute atomic E-state index is 0.226. The van der Waals surface area contributed by atoms with Crippen LogP contribution in [-0.4, -0.2) is 116 Å². The number of nitrogens with zero attached hydrogens (tertiary/aromatic N) is 18. The number of rotatable bonds is 12. The van der Waals surface area contributed by atoms with Gasteiger partial charge in [0, 0.05) is 51.4 Å². The summed E-state index contributed by atoms with van der Waals surface area (Å²) in [6.07, 6.45) is 4.72. The first-order valence-corrected chi connectivity index (χ1v) is 25.8. The summed E-state index contributed by atoms with van der Waals surface area (Å²) in [6.45, 7) is 0. The van der Waals surface area contributed by atoms with E-state index in [-0.39, 0.29) is 57.0 Å². The number of hydrogen-bond donors (Lipinski definition) is 8. The van der Waals surface area contributed by atoms with Gasteiger partial charge in [-0.25, -0.2) is 4.98 Å². The molecule has 4 amide bonds. The molecule has 8 N–H and O–H groups in total. The van der Waals surface area contributed by atoms with Gasteiger partial charge in [0.25, 0.3) is 23.6 Å². The molecule has 87 heavy (non-hydrogen) atoms. The number of aromatic amines is 4. The number of benzene rings is 6. The van der Waals surface area contributed by atoms with Gasteiger partial charge in [-0.3, -0.25) is 29.5 Å². The van der Waals surface area contributed by atoms with Crippen LogP contribution in [0.3, 0.4) is 0 Å². The van der Waals surface area contributed by atoms with Crippen LogP contribution in [0, 0.1) is 45.3 Å². The second kappa shape index (κ2) is 28.6. The van der Waals surface area contributed by atoms with E-state index in [0.717, 1.165) is 0 Å². The number of para-hydroxylation sites is 2. The van der Waals surface area contributed by atoms with Crippen molar-refractivity contribution in [3.63, 3.8) is 0 Å². The van der Waals surface area contributed by atoms with E-state index in [9.17, 15) is 40.2 Å². The number of anilines is 4. The quantitative estimate of drug-likeness (QED) is 0.0622. The molecule has 0 aliphatic heterocycles. The Morgan fingerprint density at radius 1 is 0.391 bits per heavy atom. The van der Waals surface area contributed by atoms with Gasteiger partial charge in [0.05, 0.1) is 80.7 Å². The molecule has 12 rings (SSSR count). The summed E-state index contributed by atoms with van der Waals surface area (Å²) in [5, 5.41) is 104. The number of amides is 4. The Labute approximate surface area is 493 Å². The summed E-state index contributed by atoms with van der Waals surface area (Å²) >= 11 is 1.30. The average molecular weight is 1170 g/mol. The van der Waals surface area contributed by atoms with Crippen molar-refractivity contribution in [1.29, 1.82) is 21.0 Å². The minimum Gasteiger partial charge on any atom is -0.322 e. The summed E-state index contributed by atoms with van der Waals surface area (Å²) < 4.78 is 0. The molecule has 12 aromatic rings. The zero-order valence-electron chi connectivity index (χ0n) is 44.3. The molecule has 0 fully saturated rings. The van der Waals surface area contributed by atoms with Crippen LogP contribution in [0.25, 0.3) is 45.6 Å². The second-order valence-electron chi connectivity index (χ2n) is 17.1. The largest absolute Gasteiger partial charge is 0.322 e. The SMILES string of the molecule is N#Cc1cc(-c2nn[nH]n2)ccc1C(=O)Nc1ccccc1.N#Cc1cc(-c2nn[nH]n2)ccc1C(=O)Nc1ccccc1.N#Cc1cc(-c2nn[nH]n2)ccc1C(=O)Nc1cccnc1.N#Cc1cc(-c2nn[nH]n2)ccc1C(=O)Nc1nccs1. The Bertz CT molecular complexity index is 4120. The standard InChI is InChI=1S/2C15H10N6O.C14H9N7O.C12H7N7OS/c2*16-9-11-8-10(14-18-20-21-19-14)6-7-13(11)15(22)17-12-4-2-1-3-5-12;15-7-10-6-9(13-18-20-21-19-13)3-4-12(10)14(22)17-11-2-1-5-16-8-11;13-6-8-5-7(10-16-18-19-17-10)1-2-9(8)11(20)15-12-14-3-4-21-12/h2*1-8H,(H,17,22)(H,18,19,20,21);1-6,8H,(H,17,22)(H,18,19,20,21);1-5H,(H,14,15,20)(H,16,17,18,19). The summed E-state index contributed by atoms with van der Waals surface area (Å²) in [5.74, 6) is -0.0117. The molecule has 6 heterocycles. The Morgan fingerprint density at radius 2 is 0.724 bits per heavy atom. The van der Waals surface area contributed by atoms with Crippen LogP contribution in [0.5, 0.6) is 0 Å². The van der Waals surface area contributed by atoms with Crippen molar-refractivity contribution in [2.24, 2.45) is 0 Å². The molecule has 0 aliphatic rings. The molecule has 0 spiro atoms.